The van der Waals surface area contributed by atoms with E-state index in [1.165, 1.54) is 11.9 Å². The molecule has 18 heavy (non-hydrogen) atoms. The molecule has 0 fully saturated rings. The van der Waals surface area contributed by atoms with E-state index in [1.807, 2.05) is 0 Å². The van der Waals surface area contributed by atoms with E-state index in [-0.39, 0.29) is 35.7 Å². The zero-order chi connectivity index (χ0) is 13.7. The van der Waals surface area contributed by atoms with Gasteiger partial charge in [-0.25, -0.2) is 4.98 Å². The van der Waals surface area contributed by atoms with Crippen molar-refractivity contribution in [3.63, 3.8) is 0 Å². The highest BCUT2D eigenvalue weighted by molar-refractivity contribution is 6.28. The molecule has 0 radical (unpaired) electrons. The number of hydrogen-bond donors (Lipinski definition) is 1. The second-order valence-electron chi connectivity index (χ2n) is 3.45. The topological polar surface area (TPSA) is 101 Å². The Balaban J connectivity index is 2.89. The van der Waals surface area contributed by atoms with Crippen LogP contribution in [0.5, 0.6) is 0 Å². The third-order valence-corrected chi connectivity index (χ3v) is 2.41. The molecule has 0 aliphatic carbocycles. The standard InChI is InChI=1S/C9H12ClN5O3/c1-11-7(16)3-4-14(2)8-6(15(17)18)5-12-9(10)13-8/h5H,3-4H2,1-2H3,(H,11,16). The number of aromatic nitrogens is 2. The van der Waals surface area contributed by atoms with Crippen LogP contribution in [0.1, 0.15) is 6.42 Å². The van der Waals surface area contributed by atoms with Crippen molar-refractivity contribution in [2.45, 2.75) is 6.42 Å². The molecule has 1 amide bonds. The van der Waals surface area contributed by atoms with Gasteiger partial charge in [-0.2, -0.15) is 4.98 Å². The second-order valence-corrected chi connectivity index (χ2v) is 3.79. The van der Waals surface area contributed by atoms with E-state index in [2.05, 4.69) is 15.3 Å². The van der Waals surface area contributed by atoms with Gasteiger partial charge in [0, 0.05) is 27.1 Å². The maximum atomic E-state index is 11.1. The largest absolute Gasteiger partial charge is 0.359 e. The molecule has 0 bridgehead atoms. The summed E-state index contributed by atoms with van der Waals surface area (Å²) in [4.78, 5) is 30.2. The predicted molar refractivity (Wildman–Crippen MR) is 65.7 cm³/mol. The first-order valence-electron chi connectivity index (χ1n) is 5.04. The maximum Gasteiger partial charge on any atom is 0.329 e. The summed E-state index contributed by atoms with van der Waals surface area (Å²) in [5, 5.41) is 13.2. The molecule has 98 valence electrons. The summed E-state index contributed by atoms with van der Waals surface area (Å²) in [5.41, 5.74) is -0.251. The number of anilines is 1. The van der Waals surface area contributed by atoms with Crippen molar-refractivity contribution >= 4 is 29.0 Å². The normalized spacial score (nSPS) is 9.94. The van der Waals surface area contributed by atoms with Gasteiger partial charge in [0.2, 0.25) is 17.0 Å². The van der Waals surface area contributed by atoms with Gasteiger partial charge in [-0.1, -0.05) is 0 Å². The predicted octanol–water partition coefficient (Wildman–Crippen LogP) is 0.611. The highest BCUT2D eigenvalue weighted by Gasteiger charge is 2.20. The Bertz CT molecular complexity index is 468. The summed E-state index contributed by atoms with van der Waals surface area (Å²) in [6, 6.07) is 0. The van der Waals surface area contributed by atoms with E-state index in [4.69, 9.17) is 11.6 Å². The van der Waals surface area contributed by atoms with E-state index in [0.717, 1.165) is 6.20 Å². The molecule has 8 nitrogen and oxygen atoms in total. The van der Waals surface area contributed by atoms with Crippen molar-refractivity contribution in [3.8, 4) is 0 Å². The van der Waals surface area contributed by atoms with Gasteiger partial charge in [0.25, 0.3) is 0 Å². The van der Waals surface area contributed by atoms with Crippen LogP contribution in [0.15, 0.2) is 6.20 Å². The number of rotatable bonds is 5. The first-order valence-corrected chi connectivity index (χ1v) is 5.42. The summed E-state index contributed by atoms with van der Waals surface area (Å²) >= 11 is 5.60. The summed E-state index contributed by atoms with van der Waals surface area (Å²) < 4.78 is 0. The quantitative estimate of drug-likeness (QED) is 0.479. The Labute approximate surface area is 108 Å². The fourth-order valence-corrected chi connectivity index (χ4v) is 1.38. The highest BCUT2D eigenvalue weighted by Crippen LogP contribution is 2.24. The third kappa shape index (κ3) is 3.52. The van der Waals surface area contributed by atoms with Gasteiger partial charge < -0.3 is 10.2 Å². The SMILES string of the molecule is CNC(=O)CCN(C)c1nc(Cl)ncc1[N+](=O)[O-]. The van der Waals surface area contributed by atoms with Crippen LogP contribution < -0.4 is 10.2 Å². The minimum atomic E-state index is -0.595. The van der Waals surface area contributed by atoms with Crippen molar-refractivity contribution < 1.29 is 9.72 Å². The van der Waals surface area contributed by atoms with Crippen molar-refractivity contribution in [2.75, 3.05) is 25.5 Å². The fourth-order valence-electron chi connectivity index (χ4n) is 1.26. The van der Waals surface area contributed by atoms with Crippen LogP contribution in [0.25, 0.3) is 0 Å². The summed E-state index contributed by atoms with van der Waals surface area (Å²) in [5.74, 6) is -0.0754. The van der Waals surface area contributed by atoms with Gasteiger partial charge in [0.1, 0.15) is 6.20 Å². The minimum absolute atomic E-state index is 0.0811. The number of nitrogens with zero attached hydrogens (tertiary/aromatic N) is 4. The lowest BCUT2D eigenvalue weighted by atomic mass is 10.3. The monoisotopic (exact) mass is 273 g/mol. The van der Waals surface area contributed by atoms with Crippen molar-refractivity contribution in [1.29, 1.82) is 0 Å². The molecule has 0 saturated heterocycles. The smallest absolute Gasteiger partial charge is 0.329 e. The molecular weight excluding hydrogens is 262 g/mol. The van der Waals surface area contributed by atoms with Gasteiger partial charge in [-0.3, -0.25) is 14.9 Å². The average molecular weight is 274 g/mol. The summed E-state index contributed by atoms with van der Waals surface area (Å²) in [6.45, 7) is 0.286. The van der Waals surface area contributed by atoms with E-state index in [9.17, 15) is 14.9 Å². The zero-order valence-corrected chi connectivity index (χ0v) is 10.6. The van der Waals surface area contributed by atoms with Crippen LogP contribution in [-0.4, -0.2) is 41.4 Å². The van der Waals surface area contributed by atoms with Crippen LogP contribution >= 0.6 is 11.6 Å². The summed E-state index contributed by atoms with van der Waals surface area (Å²) in [6.07, 6.45) is 1.24. The highest BCUT2D eigenvalue weighted by atomic mass is 35.5. The van der Waals surface area contributed by atoms with E-state index in [1.54, 1.807) is 7.05 Å². The first kappa shape index (κ1) is 14.1. The van der Waals surface area contributed by atoms with E-state index >= 15 is 0 Å². The Morgan fingerprint density at radius 3 is 2.89 bits per heavy atom. The average Bonchev–Trinajstić information content (AvgIpc) is 2.34. The molecule has 0 atom stereocenters. The number of amides is 1. The minimum Gasteiger partial charge on any atom is -0.359 e. The molecule has 0 aliphatic heterocycles. The number of carbonyl (C=O) groups is 1. The van der Waals surface area contributed by atoms with Gasteiger partial charge in [0.15, 0.2) is 0 Å². The van der Waals surface area contributed by atoms with Gasteiger partial charge >= 0.3 is 5.69 Å². The Kier molecular flexibility index (Phi) is 4.78. The second kappa shape index (κ2) is 6.10. The molecule has 0 saturated carbocycles. The van der Waals surface area contributed by atoms with Crippen LogP contribution in [0.2, 0.25) is 5.28 Å². The number of hydrogen-bond acceptors (Lipinski definition) is 6. The third-order valence-electron chi connectivity index (χ3n) is 2.23. The molecular formula is C9H12ClN5O3. The van der Waals surface area contributed by atoms with Gasteiger partial charge in [0.05, 0.1) is 4.92 Å². The molecule has 0 aliphatic rings. The number of nitrogens with one attached hydrogen (secondary N) is 1. The Morgan fingerprint density at radius 1 is 1.67 bits per heavy atom. The van der Waals surface area contributed by atoms with Crippen molar-refractivity contribution in [3.05, 3.63) is 21.6 Å². The van der Waals surface area contributed by atoms with Crippen LogP contribution in [-0.2, 0) is 4.79 Å². The number of carbonyl (C=O) groups excluding carboxylic acids is 1. The van der Waals surface area contributed by atoms with E-state index < -0.39 is 4.92 Å². The van der Waals surface area contributed by atoms with Crippen molar-refractivity contribution in [2.24, 2.45) is 0 Å². The van der Waals surface area contributed by atoms with Gasteiger partial charge in [-0.05, 0) is 11.6 Å². The lowest BCUT2D eigenvalue weighted by molar-refractivity contribution is -0.384. The number of nitro groups is 1. The number of halogens is 1. The van der Waals surface area contributed by atoms with Crippen molar-refractivity contribution in [1.82, 2.24) is 15.3 Å². The summed E-state index contributed by atoms with van der Waals surface area (Å²) in [7, 11) is 3.11. The Hall–Kier alpha value is -1.96. The molecule has 0 aromatic carbocycles. The van der Waals surface area contributed by atoms with Crippen LogP contribution in [0, 0.1) is 10.1 Å². The Morgan fingerprint density at radius 2 is 2.33 bits per heavy atom. The zero-order valence-electron chi connectivity index (χ0n) is 9.88. The van der Waals surface area contributed by atoms with Crippen LogP contribution in [0.4, 0.5) is 11.5 Å². The molecule has 1 aromatic rings. The lowest BCUT2D eigenvalue weighted by Crippen LogP contribution is -2.27. The fraction of sp³-hybridized carbons (Fsp3) is 0.444. The van der Waals surface area contributed by atoms with Crippen LogP contribution in [0.3, 0.4) is 0 Å². The molecule has 0 spiro atoms. The van der Waals surface area contributed by atoms with E-state index in [0.29, 0.717) is 0 Å². The first-order chi connectivity index (χ1) is 8.45. The molecule has 9 heteroatoms. The molecule has 1 heterocycles. The molecule has 1 rings (SSSR count). The maximum absolute atomic E-state index is 11.1. The molecule has 1 N–H and O–H groups in total. The van der Waals surface area contributed by atoms with Gasteiger partial charge in [-0.15, -0.1) is 0 Å². The lowest BCUT2D eigenvalue weighted by Gasteiger charge is -2.17. The molecule has 1 aromatic heterocycles. The molecule has 0 unspecified atom stereocenters.